The number of carbonyl (C=O) groups is 1. The standard InChI is InChI=1S/C21H28N2O3S/c1-5-19(17-11-9-8-10-12-17)21(24)22-18-14-13-16(4)20(15-18)27(25,26)23(6-2)7-3/h8-15,19H,5-7H2,1-4H3,(H,22,24)/t19-/m1/s1. The molecule has 2 rings (SSSR count). The summed E-state index contributed by atoms with van der Waals surface area (Å²) >= 11 is 0. The first-order valence-electron chi connectivity index (χ1n) is 9.31. The van der Waals surface area contributed by atoms with Crippen molar-refractivity contribution >= 4 is 21.6 Å². The highest BCUT2D eigenvalue weighted by atomic mass is 32.2. The number of hydrogen-bond donors (Lipinski definition) is 1. The molecule has 0 bridgehead atoms. The van der Waals surface area contributed by atoms with Crippen LogP contribution in [-0.2, 0) is 14.8 Å². The Hall–Kier alpha value is -2.18. The Bertz CT molecular complexity index is 876. The van der Waals surface area contributed by atoms with E-state index in [4.69, 9.17) is 0 Å². The van der Waals surface area contributed by atoms with Gasteiger partial charge in [0.05, 0.1) is 10.8 Å². The van der Waals surface area contributed by atoms with Crippen LogP contribution in [0.3, 0.4) is 0 Å². The number of rotatable bonds is 8. The maximum absolute atomic E-state index is 12.9. The average molecular weight is 389 g/mol. The topological polar surface area (TPSA) is 66.5 Å². The third-order valence-corrected chi connectivity index (χ3v) is 6.90. The zero-order valence-electron chi connectivity index (χ0n) is 16.4. The van der Waals surface area contributed by atoms with E-state index in [-0.39, 0.29) is 16.7 Å². The molecule has 0 aliphatic heterocycles. The van der Waals surface area contributed by atoms with Crippen LogP contribution in [0.4, 0.5) is 5.69 Å². The van der Waals surface area contributed by atoms with Gasteiger partial charge in [0, 0.05) is 18.8 Å². The zero-order valence-corrected chi connectivity index (χ0v) is 17.2. The second-order valence-electron chi connectivity index (χ2n) is 6.43. The summed E-state index contributed by atoms with van der Waals surface area (Å²) in [6, 6.07) is 14.6. The van der Waals surface area contributed by atoms with E-state index in [1.165, 1.54) is 4.31 Å². The van der Waals surface area contributed by atoms with Gasteiger partial charge in [0.15, 0.2) is 0 Å². The predicted octanol–water partition coefficient (Wildman–Crippen LogP) is 4.16. The highest BCUT2D eigenvalue weighted by molar-refractivity contribution is 7.89. The molecule has 0 heterocycles. The van der Waals surface area contributed by atoms with E-state index in [2.05, 4.69) is 5.32 Å². The molecule has 1 atom stereocenters. The zero-order chi connectivity index (χ0) is 20.0. The Morgan fingerprint density at radius 1 is 1.04 bits per heavy atom. The van der Waals surface area contributed by atoms with Gasteiger partial charge in [-0.3, -0.25) is 4.79 Å². The molecule has 5 nitrogen and oxygen atoms in total. The van der Waals surface area contributed by atoms with E-state index in [9.17, 15) is 13.2 Å². The largest absolute Gasteiger partial charge is 0.326 e. The molecule has 146 valence electrons. The first-order chi connectivity index (χ1) is 12.8. The summed E-state index contributed by atoms with van der Waals surface area (Å²) in [5, 5.41) is 2.88. The van der Waals surface area contributed by atoms with E-state index in [1.54, 1.807) is 25.1 Å². The van der Waals surface area contributed by atoms with Gasteiger partial charge < -0.3 is 5.32 Å². The molecular formula is C21H28N2O3S. The molecule has 2 aromatic carbocycles. The van der Waals surface area contributed by atoms with Gasteiger partial charge in [-0.25, -0.2) is 8.42 Å². The minimum Gasteiger partial charge on any atom is -0.326 e. The number of nitrogens with zero attached hydrogens (tertiary/aromatic N) is 1. The van der Waals surface area contributed by atoms with Gasteiger partial charge in [-0.15, -0.1) is 0 Å². The third kappa shape index (κ3) is 4.76. The molecule has 0 spiro atoms. The van der Waals surface area contributed by atoms with Crippen molar-refractivity contribution in [3.05, 3.63) is 59.7 Å². The van der Waals surface area contributed by atoms with Crippen LogP contribution in [0.2, 0.25) is 0 Å². The van der Waals surface area contributed by atoms with Gasteiger partial charge in [-0.05, 0) is 36.6 Å². The summed E-state index contributed by atoms with van der Waals surface area (Å²) in [7, 11) is -3.59. The minimum atomic E-state index is -3.59. The van der Waals surface area contributed by atoms with Crippen molar-refractivity contribution < 1.29 is 13.2 Å². The number of carbonyl (C=O) groups excluding carboxylic acids is 1. The highest BCUT2D eigenvalue weighted by Gasteiger charge is 2.25. The first kappa shape index (κ1) is 21.1. The van der Waals surface area contributed by atoms with Crippen LogP contribution < -0.4 is 5.32 Å². The van der Waals surface area contributed by atoms with Gasteiger partial charge >= 0.3 is 0 Å². The van der Waals surface area contributed by atoms with Crippen molar-refractivity contribution in [3.63, 3.8) is 0 Å². The van der Waals surface area contributed by atoms with Crippen LogP contribution in [0.5, 0.6) is 0 Å². The summed E-state index contributed by atoms with van der Waals surface area (Å²) in [5.74, 6) is -0.422. The normalized spacial score (nSPS) is 12.8. The second kappa shape index (κ2) is 9.15. The molecule has 1 N–H and O–H groups in total. The van der Waals surface area contributed by atoms with E-state index >= 15 is 0 Å². The molecule has 0 aliphatic rings. The SMILES string of the molecule is CC[C@@H](C(=O)Nc1ccc(C)c(S(=O)(=O)N(CC)CC)c1)c1ccccc1. The molecule has 0 unspecified atom stereocenters. The summed E-state index contributed by atoms with van der Waals surface area (Å²) in [4.78, 5) is 13.0. The Morgan fingerprint density at radius 2 is 1.67 bits per heavy atom. The van der Waals surface area contributed by atoms with Crippen LogP contribution in [0, 0.1) is 6.92 Å². The lowest BCUT2D eigenvalue weighted by atomic mass is 9.95. The lowest BCUT2D eigenvalue weighted by Crippen LogP contribution is -2.31. The number of benzene rings is 2. The molecule has 0 aromatic heterocycles. The maximum Gasteiger partial charge on any atom is 0.243 e. The molecule has 0 radical (unpaired) electrons. The molecule has 6 heteroatoms. The van der Waals surface area contributed by atoms with E-state index in [1.807, 2.05) is 51.1 Å². The van der Waals surface area contributed by atoms with E-state index < -0.39 is 10.0 Å². The molecular weight excluding hydrogens is 360 g/mol. The summed E-state index contributed by atoms with van der Waals surface area (Å²) in [5.41, 5.74) is 2.10. The average Bonchev–Trinajstić information content (AvgIpc) is 2.65. The second-order valence-corrected chi connectivity index (χ2v) is 8.34. The van der Waals surface area contributed by atoms with Crippen LogP contribution in [0.1, 0.15) is 44.2 Å². The lowest BCUT2D eigenvalue weighted by molar-refractivity contribution is -0.117. The molecule has 27 heavy (non-hydrogen) atoms. The molecule has 0 saturated heterocycles. The quantitative estimate of drug-likeness (QED) is 0.738. The summed E-state index contributed by atoms with van der Waals surface area (Å²) < 4.78 is 27.2. The van der Waals surface area contributed by atoms with Crippen molar-refractivity contribution in [1.82, 2.24) is 4.31 Å². The number of sulfonamides is 1. The van der Waals surface area contributed by atoms with Crippen molar-refractivity contribution in [2.45, 2.75) is 44.9 Å². The van der Waals surface area contributed by atoms with E-state index in [0.29, 0.717) is 30.8 Å². The molecule has 2 aromatic rings. The molecule has 0 saturated carbocycles. The van der Waals surface area contributed by atoms with Gasteiger partial charge in [0.2, 0.25) is 15.9 Å². The Morgan fingerprint density at radius 3 is 2.22 bits per heavy atom. The first-order valence-corrected chi connectivity index (χ1v) is 10.8. The van der Waals surface area contributed by atoms with Crippen molar-refractivity contribution in [1.29, 1.82) is 0 Å². The van der Waals surface area contributed by atoms with Crippen LogP contribution >= 0.6 is 0 Å². The Labute approximate surface area is 162 Å². The van der Waals surface area contributed by atoms with E-state index in [0.717, 1.165) is 5.56 Å². The van der Waals surface area contributed by atoms with Gasteiger partial charge in [0.25, 0.3) is 0 Å². The molecule has 0 fully saturated rings. The number of amides is 1. The third-order valence-electron chi connectivity index (χ3n) is 4.71. The van der Waals surface area contributed by atoms with Crippen LogP contribution in [0.15, 0.2) is 53.4 Å². The van der Waals surface area contributed by atoms with Crippen LogP contribution in [-0.4, -0.2) is 31.7 Å². The van der Waals surface area contributed by atoms with Crippen molar-refractivity contribution in [2.75, 3.05) is 18.4 Å². The smallest absolute Gasteiger partial charge is 0.243 e. The van der Waals surface area contributed by atoms with Gasteiger partial charge in [-0.2, -0.15) is 4.31 Å². The lowest BCUT2D eigenvalue weighted by Gasteiger charge is -2.21. The summed E-state index contributed by atoms with van der Waals surface area (Å²) in [6.45, 7) is 8.16. The Kier molecular flexibility index (Phi) is 7.16. The fourth-order valence-electron chi connectivity index (χ4n) is 3.15. The molecule has 0 aliphatic carbocycles. The fourth-order valence-corrected chi connectivity index (χ4v) is 4.85. The predicted molar refractivity (Wildman–Crippen MR) is 109 cm³/mol. The maximum atomic E-state index is 12.9. The summed E-state index contributed by atoms with van der Waals surface area (Å²) in [6.07, 6.45) is 0.659. The number of hydrogen-bond acceptors (Lipinski definition) is 3. The highest BCUT2D eigenvalue weighted by Crippen LogP contribution is 2.26. The van der Waals surface area contributed by atoms with Gasteiger partial charge in [0.1, 0.15) is 0 Å². The Balaban J connectivity index is 2.31. The van der Waals surface area contributed by atoms with Crippen molar-refractivity contribution in [2.24, 2.45) is 0 Å². The van der Waals surface area contributed by atoms with Crippen LogP contribution in [0.25, 0.3) is 0 Å². The number of anilines is 1. The monoisotopic (exact) mass is 388 g/mol. The fraction of sp³-hybridized carbons (Fsp3) is 0.381. The molecule has 1 amide bonds. The minimum absolute atomic E-state index is 0.140. The van der Waals surface area contributed by atoms with Crippen molar-refractivity contribution in [3.8, 4) is 0 Å². The van der Waals surface area contributed by atoms with Gasteiger partial charge in [-0.1, -0.05) is 57.2 Å². The number of aryl methyl sites for hydroxylation is 1. The number of nitrogens with one attached hydrogen (secondary N) is 1.